The van der Waals surface area contributed by atoms with Crippen molar-refractivity contribution in [2.75, 3.05) is 0 Å². The van der Waals surface area contributed by atoms with Crippen molar-refractivity contribution in [3.05, 3.63) is 0 Å². The Balaban J connectivity index is 4.42. The highest BCUT2D eigenvalue weighted by atomic mass is 32.2. The molecule has 72 valence electrons. The molecule has 0 heterocycles. The molecule has 0 aliphatic rings. The zero-order valence-electron chi connectivity index (χ0n) is 5.25. The van der Waals surface area contributed by atoms with Gasteiger partial charge >= 0.3 is 25.6 Å². The number of hydrazine groups is 1. The molecule has 0 bridgehead atoms. The first kappa shape index (κ1) is 11.2. The van der Waals surface area contributed by atoms with Gasteiger partial charge in [-0.2, -0.15) is 16.8 Å². The minimum Gasteiger partial charge on any atom is -0.469 e. The van der Waals surface area contributed by atoms with E-state index in [2.05, 4.69) is 0 Å². The Morgan fingerprint density at radius 2 is 1.50 bits per heavy atom. The van der Waals surface area contributed by atoms with E-state index in [1.807, 2.05) is 0 Å². The van der Waals surface area contributed by atoms with Crippen LogP contribution in [-0.2, 0) is 20.3 Å². The Kier molecular flexibility index (Phi) is 3.11. The van der Waals surface area contributed by atoms with Crippen LogP contribution in [0.4, 0.5) is 4.79 Å². The molecule has 0 radical (unpaired) electrons. The van der Waals surface area contributed by atoms with Gasteiger partial charge in [0.15, 0.2) is 0 Å². The van der Waals surface area contributed by atoms with Crippen LogP contribution in [0.15, 0.2) is 0 Å². The zero-order valence-corrected chi connectivity index (χ0v) is 6.89. The Hall–Kier alpha value is -0.750. The van der Waals surface area contributed by atoms with Crippen LogP contribution in [0.25, 0.3) is 0 Å². The van der Waals surface area contributed by atoms with E-state index in [1.165, 1.54) is 0 Å². The van der Waals surface area contributed by atoms with Crippen molar-refractivity contribution in [3.8, 4) is 0 Å². The molecule has 0 saturated carbocycles. The molecule has 0 spiro atoms. The van der Waals surface area contributed by atoms with Crippen molar-refractivity contribution < 1.29 is 31.3 Å². The number of carboxylic acid groups (broad SMARTS) is 1. The minimum absolute atomic E-state index is 0.852. The quantitative estimate of drug-likeness (QED) is 0.314. The molecule has 0 aromatic heterocycles. The summed E-state index contributed by atoms with van der Waals surface area (Å²) >= 11 is 0. The Bertz CT molecular complexity index is 362. The fourth-order valence-electron chi connectivity index (χ4n) is 0.151. The van der Waals surface area contributed by atoms with E-state index in [0.717, 1.165) is 9.66 Å². The van der Waals surface area contributed by atoms with Gasteiger partial charge in [-0.3, -0.25) is 4.55 Å². The second-order valence-corrected chi connectivity index (χ2v) is 4.16. The van der Waals surface area contributed by atoms with Gasteiger partial charge in [-0.25, -0.2) is 4.79 Å². The molecule has 4 N–H and O–H groups in total. The number of sulfonamides is 1. The van der Waals surface area contributed by atoms with Gasteiger partial charge in [0.25, 0.3) is 0 Å². The highest BCUT2D eigenvalue weighted by Gasteiger charge is 2.21. The third-order valence-corrected chi connectivity index (χ3v) is 1.85. The summed E-state index contributed by atoms with van der Waals surface area (Å²) in [5.41, 5.74) is 0. The van der Waals surface area contributed by atoms with E-state index in [-0.39, 0.29) is 0 Å². The number of nitrogens with one attached hydrogen (secondary N) is 2. The van der Waals surface area contributed by atoms with Crippen molar-refractivity contribution in [2.24, 2.45) is 0 Å². The molecular weight excluding hydrogens is 216 g/mol. The summed E-state index contributed by atoms with van der Waals surface area (Å²) in [5, 5.41) is 5.59. The van der Waals surface area contributed by atoms with Gasteiger partial charge in [0.1, 0.15) is 0 Å². The summed E-state index contributed by atoms with van der Waals surface area (Å²) in [6.07, 6.45) is 0. The van der Waals surface area contributed by atoms with E-state index >= 15 is 0 Å². The molecule has 0 rings (SSSR count). The third kappa shape index (κ3) is 4.20. The van der Waals surface area contributed by atoms with Crippen LogP contribution >= 0.6 is 0 Å². The number of carbonyl (C=O) groups is 1. The van der Waals surface area contributed by atoms with Crippen LogP contribution in [0.2, 0.25) is 0 Å². The molecule has 0 aromatic rings. The summed E-state index contributed by atoms with van der Waals surface area (Å²) in [5.74, 6) is 0. The van der Waals surface area contributed by atoms with Crippen LogP contribution in [0.5, 0.6) is 0 Å². The monoisotopic (exact) mass is 220 g/mol. The fourth-order valence-corrected chi connectivity index (χ4v) is 1.10. The lowest BCUT2D eigenvalue weighted by Gasteiger charge is -1.99. The van der Waals surface area contributed by atoms with Gasteiger partial charge in [0, 0.05) is 0 Å². The standard InChI is InChI=1S/CH4N2O7S2/c4-1(5)11(6,7)2-3-12(8,9)10/h2-3H,(H,4,5)(H,8,9,10). The summed E-state index contributed by atoms with van der Waals surface area (Å²) in [6, 6.07) is 0. The molecule has 11 heteroatoms. The fraction of sp³-hybridized carbons (Fsp3) is 0. The molecule has 0 saturated heterocycles. The van der Waals surface area contributed by atoms with Crippen molar-refractivity contribution in [1.82, 2.24) is 9.66 Å². The molecule has 0 unspecified atom stereocenters. The Morgan fingerprint density at radius 3 is 1.75 bits per heavy atom. The summed E-state index contributed by atoms with van der Waals surface area (Å²) in [6.45, 7) is 0. The molecule has 0 aliphatic heterocycles. The van der Waals surface area contributed by atoms with Gasteiger partial charge in [0.2, 0.25) is 0 Å². The molecule has 0 atom stereocenters. The van der Waals surface area contributed by atoms with Crippen molar-refractivity contribution >= 4 is 25.6 Å². The van der Waals surface area contributed by atoms with Crippen LogP contribution < -0.4 is 9.66 Å². The topological polar surface area (TPSA) is 150 Å². The highest BCUT2D eigenvalue weighted by Crippen LogP contribution is 1.82. The summed E-state index contributed by atoms with van der Waals surface area (Å²) in [7, 11) is -9.61. The van der Waals surface area contributed by atoms with E-state index in [0.29, 0.717) is 0 Å². The minimum atomic E-state index is -4.81. The maximum absolute atomic E-state index is 10.2. The van der Waals surface area contributed by atoms with Gasteiger partial charge < -0.3 is 5.11 Å². The normalized spacial score (nSPS) is 12.8. The molecule has 0 aliphatic carbocycles. The van der Waals surface area contributed by atoms with Crippen LogP contribution in [0.1, 0.15) is 0 Å². The van der Waals surface area contributed by atoms with Crippen molar-refractivity contribution in [1.29, 1.82) is 0 Å². The average Bonchev–Trinajstić information content (AvgIpc) is 1.82. The lowest BCUT2D eigenvalue weighted by Crippen LogP contribution is -2.43. The molecular formula is CH4N2O7S2. The van der Waals surface area contributed by atoms with Gasteiger partial charge in [-0.05, 0) is 0 Å². The third-order valence-electron chi connectivity index (χ3n) is 0.535. The molecule has 0 amide bonds. The van der Waals surface area contributed by atoms with E-state index < -0.39 is 25.6 Å². The number of rotatable bonds is 3. The maximum Gasteiger partial charge on any atom is 0.438 e. The maximum atomic E-state index is 10.2. The van der Waals surface area contributed by atoms with E-state index in [1.54, 1.807) is 0 Å². The van der Waals surface area contributed by atoms with E-state index in [9.17, 15) is 21.6 Å². The SMILES string of the molecule is O=C(O)S(=O)(=O)NNS(=O)(=O)O. The lowest BCUT2D eigenvalue weighted by molar-refractivity contribution is 0.218. The van der Waals surface area contributed by atoms with E-state index in [4.69, 9.17) is 9.66 Å². The predicted molar refractivity (Wildman–Crippen MR) is 34.8 cm³/mol. The zero-order chi connectivity index (χ0) is 9.99. The number of hydrogen-bond donors (Lipinski definition) is 4. The summed E-state index contributed by atoms with van der Waals surface area (Å²) in [4.78, 5) is 11.5. The lowest BCUT2D eigenvalue weighted by atomic mass is 11.6. The predicted octanol–water partition coefficient (Wildman–Crippen LogP) is -2.11. The largest absolute Gasteiger partial charge is 0.469 e. The van der Waals surface area contributed by atoms with Gasteiger partial charge in [0.05, 0.1) is 0 Å². The van der Waals surface area contributed by atoms with Gasteiger partial charge in [-0.1, -0.05) is 0 Å². The highest BCUT2D eigenvalue weighted by molar-refractivity contribution is 8.04. The Morgan fingerprint density at radius 1 is 1.08 bits per heavy atom. The smallest absolute Gasteiger partial charge is 0.438 e. The number of hydrogen-bond acceptors (Lipinski definition) is 5. The van der Waals surface area contributed by atoms with Crippen LogP contribution in [-0.4, -0.2) is 31.8 Å². The first-order valence-corrected chi connectivity index (χ1v) is 5.06. The van der Waals surface area contributed by atoms with Crippen LogP contribution in [0.3, 0.4) is 0 Å². The average molecular weight is 220 g/mol. The molecule has 0 fully saturated rings. The summed E-state index contributed by atoms with van der Waals surface area (Å²) < 4.78 is 48.0. The second kappa shape index (κ2) is 3.32. The molecule has 12 heavy (non-hydrogen) atoms. The van der Waals surface area contributed by atoms with Crippen molar-refractivity contribution in [3.63, 3.8) is 0 Å². The van der Waals surface area contributed by atoms with Crippen LogP contribution in [0, 0.1) is 0 Å². The first-order chi connectivity index (χ1) is 5.15. The Labute approximate surface area is 67.3 Å². The van der Waals surface area contributed by atoms with Gasteiger partial charge in [-0.15, -0.1) is 9.66 Å². The second-order valence-electron chi connectivity index (χ2n) is 1.45. The first-order valence-electron chi connectivity index (χ1n) is 2.14. The molecule has 0 aromatic carbocycles. The molecule has 9 nitrogen and oxygen atoms in total. The van der Waals surface area contributed by atoms with Crippen molar-refractivity contribution in [2.45, 2.75) is 0 Å².